The van der Waals surface area contributed by atoms with E-state index in [2.05, 4.69) is 71.6 Å². The molecule has 2 aliphatic rings. The predicted octanol–water partition coefficient (Wildman–Crippen LogP) is 4.49. The minimum Gasteiger partial charge on any atom is -0.352 e. The van der Waals surface area contributed by atoms with Crippen molar-refractivity contribution >= 4 is 6.08 Å². The van der Waals surface area contributed by atoms with Crippen molar-refractivity contribution in [3.63, 3.8) is 0 Å². The van der Waals surface area contributed by atoms with E-state index in [0.29, 0.717) is 6.04 Å². The number of hydrogen-bond acceptors (Lipinski definition) is 3. The van der Waals surface area contributed by atoms with Crippen LogP contribution in [-0.2, 0) is 15.9 Å². The molecule has 1 aliphatic carbocycles. The summed E-state index contributed by atoms with van der Waals surface area (Å²) in [7, 11) is 3.59. The molecule has 0 amide bonds. The number of piperidine rings is 1. The van der Waals surface area contributed by atoms with Gasteiger partial charge in [-0.2, -0.15) is 0 Å². The van der Waals surface area contributed by atoms with Crippen LogP contribution in [0.4, 0.5) is 0 Å². The topological polar surface area (TPSA) is 21.7 Å². The van der Waals surface area contributed by atoms with E-state index >= 15 is 0 Å². The van der Waals surface area contributed by atoms with Gasteiger partial charge in [0.25, 0.3) is 0 Å². The quantitative estimate of drug-likeness (QED) is 0.731. The molecule has 4 rings (SSSR count). The highest BCUT2D eigenvalue weighted by Crippen LogP contribution is 2.48. The van der Waals surface area contributed by atoms with E-state index in [9.17, 15) is 0 Å². The molecular formula is C24H29NO2. The highest BCUT2D eigenvalue weighted by Gasteiger charge is 2.51. The zero-order valence-corrected chi connectivity index (χ0v) is 16.3. The van der Waals surface area contributed by atoms with Gasteiger partial charge in [0.2, 0.25) is 0 Å². The van der Waals surface area contributed by atoms with Crippen molar-refractivity contribution in [2.75, 3.05) is 27.3 Å². The van der Waals surface area contributed by atoms with E-state index in [1.54, 1.807) is 14.2 Å². The first kappa shape index (κ1) is 18.4. The Morgan fingerprint density at radius 1 is 1.04 bits per heavy atom. The molecule has 0 N–H and O–H groups in total. The zero-order chi connectivity index (χ0) is 18.7. The van der Waals surface area contributed by atoms with Gasteiger partial charge in [-0.3, -0.25) is 4.90 Å². The number of aryl methyl sites for hydroxylation is 1. The van der Waals surface area contributed by atoms with Crippen molar-refractivity contribution in [2.24, 2.45) is 0 Å². The Labute approximate surface area is 162 Å². The SMILES string of the molecule is COC1(OC)CCN(CC=Cc2ccccc2)C2CCc3ccccc3C21. The molecule has 0 bridgehead atoms. The van der Waals surface area contributed by atoms with Gasteiger partial charge >= 0.3 is 0 Å². The fourth-order valence-electron chi connectivity index (χ4n) is 4.94. The van der Waals surface area contributed by atoms with E-state index < -0.39 is 5.79 Å². The predicted molar refractivity (Wildman–Crippen MR) is 110 cm³/mol. The van der Waals surface area contributed by atoms with Gasteiger partial charge in [-0.05, 0) is 29.5 Å². The highest BCUT2D eigenvalue weighted by atomic mass is 16.7. The maximum Gasteiger partial charge on any atom is 0.177 e. The average molecular weight is 364 g/mol. The van der Waals surface area contributed by atoms with Crippen molar-refractivity contribution in [1.29, 1.82) is 0 Å². The number of nitrogens with zero attached hydrogens (tertiary/aromatic N) is 1. The van der Waals surface area contributed by atoms with Crippen LogP contribution in [-0.4, -0.2) is 44.0 Å². The van der Waals surface area contributed by atoms with Crippen LogP contribution < -0.4 is 0 Å². The smallest absolute Gasteiger partial charge is 0.177 e. The van der Waals surface area contributed by atoms with Crippen molar-refractivity contribution in [2.45, 2.75) is 37.0 Å². The summed E-state index contributed by atoms with van der Waals surface area (Å²) in [6.07, 6.45) is 7.67. The molecule has 142 valence electrons. The molecule has 1 fully saturated rings. The number of likely N-dealkylation sites (tertiary alicyclic amines) is 1. The van der Waals surface area contributed by atoms with E-state index in [1.165, 1.54) is 16.7 Å². The third-order valence-electron chi connectivity index (χ3n) is 6.32. The normalized spacial score (nSPS) is 24.5. The lowest BCUT2D eigenvalue weighted by atomic mass is 9.71. The zero-order valence-electron chi connectivity index (χ0n) is 16.3. The fourth-order valence-corrected chi connectivity index (χ4v) is 4.94. The molecule has 1 saturated heterocycles. The van der Waals surface area contributed by atoms with Crippen LogP contribution in [0.3, 0.4) is 0 Å². The molecule has 0 aromatic heterocycles. The lowest BCUT2D eigenvalue weighted by Gasteiger charge is -2.53. The lowest BCUT2D eigenvalue weighted by molar-refractivity contribution is -0.253. The van der Waals surface area contributed by atoms with Crippen LogP contribution in [0.25, 0.3) is 6.08 Å². The Kier molecular flexibility index (Phi) is 5.44. The number of fused-ring (bicyclic) bond motifs is 3. The second-order valence-electron chi connectivity index (χ2n) is 7.56. The molecule has 2 atom stereocenters. The van der Waals surface area contributed by atoms with Gasteiger partial charge in [0.05, 0.1) is 5.92 Å². The second-order valence-corrected chi connectivity index (χ2v) is 7.56. The molecule has 2 aromatic rings. The van der Waals surface area contributed by atoms with Crippen molar-refractivity contribution in [3.8, 4) is 0 Å². The van der Waals surface area contributed by atoms with Crippen LogP contribution in [0.15, 0.2) is 60.7 Å². The summed E-state index contributed by atoms with van der Waals surface area (Å²) < 4.78 is 12.0. The number of ether oxygens (including phenoxy) is 2. The molecule has 1 aliphatic heterocycles. The van der Waals surface area contributed by atoms with Gasteiger partial charge in [-0.15, -0.1) is 0 Å². The molecule has 27 heavy (non-hydrogen) atoms. The third kappa shape index (κ3) is 3.47. The van der Waals surface area contributed by atoms with Crippen LogP contribution in [0.2, 0.25) is 0 Å². The van der Waals surface area contributed by atoms with Gasteiger partial charge < -0.3 is 9.47 Å². The first-order valence-corrected chi connectivity index (χ1v) is 9.91. The summed E-state index contributed by atoms with van der Waals surface area (Å²) in [6.45, 7) is 1.95. The summed E-state index contributed by atoms with van der Waals surface area (Å²) in [5.74, 6) is -0.280. The summed E-state index contributed by atoms with van der Waals surface area (Å²) in [6, 6.07) is 19.8. The minimum absolute atomic E-state index is 0.247. The summed E-state index contributed by atoms with van der Waals surface area (Å²) in [5.41, 5.74) is 4.09. The Bertz CT molecular complexity index is 782. The Morgan fingerprint density at radius 3 is 2.56 bits per heavy atom. The molecule has 3 heteroatoms. The molecule has 0 spiro atoms. The van der Waals surface area contributed by atoms with Crippen molar-refractivity contribution in [1.82, 2.24) is 4.90 Å². The van der Waals surface area contributed by atoms with Crippen LogP contribution in [0, 0.1) is 0 Å². The lowest BCUT2D eigenvalue weighted by Crippen LogP contribution is -2.59. The van der Waals surface area contributed by atoms with Gasteiger partial charge in [0.1, 0.15) is 0 Å². The van der Waals surface area contributed by atoms with Gasteiger partial charge in [0.15, 0.2) is 5.79 Å². The fraction of sp³-hybridized carbons (Fsp3) is 0.417. The summed E-state index contributed by atoms with van der Waals surface area (Å²) >= 11 is 0. The molecule has 0 radical (unpaired) electrons. The number of hydrogen-bond donors (Lipinski definition) is 0. The molecule has 3 nitrogen and oxygen atoms in total. The summed E-state index contributed by atoms with van der Waals surface area (Å²) in [5, 5.41) is 0. The van der Waals surface area contributed by atoms with Gasteiger partial charge in [0, 0.05) is 39.8 Å². The van der Waals surface area contributed by atoms with Gasteiger partial charge in [-0.1, -0.05) is 66.7 Å². The van der Waals surface area contributed by atoms with E-state index in [0.717, 1.165) is 32.4 Å². The van der Waals surface area contributed by atoms with Crippen LogP contribution in [0.1, 0.15) is 35.4 Å². The molecule has 1 heterocycles. The Hall–Kier alpha value is -1.94. The number of methoxy groups -OCH3 is 2. The summed E-state index contributed by atoms with van der Waals surface area (Å²) in [4.78, 5) is 2.61. The Morgan fingerprint density at radius 2 is 1.78 bits per heavy atom. The van der Waals surface area contributed by atoms with E-state index in [4.69, 9.17) is 9.47 Å². The number of benzene rings is 2. The first-order valence-electron chi connectivity index (χ1n) is 9.91. The van der Waals surface area contributed by atoms with Gasteiger partial charge in [-0.25, -0.2) is 0 Å². The first-order chi connectivity index (χ1) is 13.3. The molecule has 2 unspecified atom stereocenters. The van der Waals surface area contributed by atoms with E-state index in [1.807, 2.05) is 0 Å². The monoisotopic (exact) mass is 363 g/mol. The van der Waals surface area contributed by atoms with Crippen molar-refractivity contribution in [3.05, 3.63) is 77.4 Å². The average Bonchev–Trinajstić information content (AvgIpc) is 2.74. The van der Waals surface area contributed by atoms with Crippen molar-refractivity contribution < 1.29 is 9.47 Å². The van der Waals surface area contributed by atoms with Crippen LogP contribution >= 0.6 is 0 Å². The van der Waals surface area contributed by atoms with Crippen LogP contribution in [0.5, 0.6) is 0 Å². The standard InChI is InChI=1S/C24H29NO2/c1-26-24(27-2)16-18-25(17-8-11-19-9-4-3-5-10-19)22-15-14-20-12-6-7-13-21(20)23(22)24/h3-13,22-23H,14-18H2,1-2H3. The second kappa shape index (κ2) is 7.97. The van der Waals surface area contributed by atoms with E-state index in [-0.39, 0.29) is 5.92 Å². The molecular weight excluding hydrogens is 334 g/mol. The molecule has 0 saturated carbocycles. The highest BCUT2D eigenvalue weighted by molar-refractivity contribution is 5.49. The largest absolute Gasteiger partial charge is 0.352 e. The minimum atomic E-state index is -0.527. The molecule has 2 aromatic carbocycles. The maximum absolute atomic E-state index is 6.01. The third-order valence-corrected chi connectivity index (χ3v) is 6.32. The number of rotatable bonds is 5. The maximum atomic E-state index is 6.01. The Balaban J connectivity index is 1.60.